The van der Waals surface area contributed by atoms with Crippen molar-refractivity contribution < 1.29 is 8.76 Å². The summed E-state index contributed by atoms with van der Waals surface area (Å²) in [6.07, 6.45) is 3.40. The Kier molecular flexibility index (Phi) is 5.84. The highest BCUT2D eigenvalue weighted by molar-refractivity contribution is 7.81. The Hall–Kier alpha value is -3.99. The van der Waals surface area contributed by atoms with Crippen LogP contribution in [0.4, 0.5) is 11.4 Å². The fourth-order valence-electron chi connectivity index (χ4n) is 4.29. The van der Waals surface area contributed by atoms with E-state index in [0.717, 1.165) is 40.3 Å². The molecule has 5 aromatic rings. The number of nitriles is 1. The topological polar surface area (TPSA) is 85.0 Å². The third-order valence-electron chi connectivity index (χ3n) is 6.08. The molecule has 1 unspecified atom stereocenters. The maximum absolute atomic E-state index is 12.2. The highest BCUT2D eigenvalue weighted by Gasteiger charge is 2.14. The average molecular weight is 466 g/mol. The van der Waals surface area contributed by atoms with Gasteiger partial charge in [0.2, 0.25) is 0 Å². The van der Waals surface area contributed by atoms with E-state index in [2.05, 4.69) is 21.7 Å². The number of fused-ring (bicyclic) bond motifs is 2. The molecule has 0 N–H and O–H groups in total. The number of rotatable bonds is 6. The quantitative estimate of drug-likeness (QED) is 0.318. The summed E-state index contributed by atoms with van der Waals surface area (Å²) in [5, 5.41) is 10.8. The van der Waals surface area contributed by atoms with Gasteiger partial charge >= 0.3 is 0 Å². The lowest BCUT2D eigenvalue weighted by atomic mass is 10.1. The zero-order valence-electron chi connectivity index (χ0n) is 18.5. The number of aryl methyl sites for hydroxylation is 3. The van der Waals surface area contributed by atoms with Gasteiger partial charge in [0.25, 0.3) is 0 Å². The molecule has 0 amide bonds. The molecule has 5 rings (SSSR count). The van der Waals surface area contributed by atoms with Gasteiger partial charge in [-0.05, 0) is 79.1 Å². The SMILES string of the molecule is Cn1c(CCc2ccc(C#N)cc2)cc2cc(N(c3ccc4ncccc4c3)S(=O)[O-])ccc21. The van der Waals surface area contributed by atoms with Gasteiger partial charge in [-0.1, -0.05) is 18.2 Å². The van der Waals surface area contributed by atoms with Gasteiger partial charge in [-0.15, -0.1) is 0 Å². The molecule has 34 heavy (non-hydrogen) atoms. The first-order chi connectivity index (χ1) is 16.5. The number of benzene rings is 3. The van der Waals surface area contributed by atoms with E-state index in [4.69, 9.17) is 5.26 Å². The number of nitrogens with zero attached hydrogens (tertiary/aromatic N) is 4. The summed E-state index contributed by atoms with van der Waals surface area (Å²) in [5.74, 6) is 0. The summed E-state index contributed by atoms with van der Waals surface area (Å²) in [6.45, 7) is 0. The molecule has 0 saturated heterocycles. The van der Waals surface area contributed by atoms with E-state index in [9.17, 15) is 8.76 Å². The lowest BCUT2D eigenvalue weighted by Gasteiger charge is -2.26. The van der Waals surface area contributed by atoms with Gasteiger partial charge in [0, 0.05) is 35.2 Å². The maximum Gasteiger partial charge on any atom is 0.0991 e. The number of pyridine rings is 1. The summed E-state index contributed by atoms with van der Waals surface area (Å²) in [6, 6.07) is 26.8. The number of hydrogen-bond acceptors (Lipinski definition) is 4. The molecular weight excluding hydrogens is 444 g/mol. The van der Waals surface area contributed by atoms with E-state index >= 15 is 0 Å². The minimum Gasteiger partial charge on any atom is -0.755 e. The van der Waals surface area contributed by atoms with Crippen molar-refractivity contribution in [2.24, 2.45) is 7.05 Å². The van der Waals surface area contributed by atoms with E-state index in [1.54, 1.807) is 12.3 Å². The molecular formula is C27H21N4O2S-. The molecule has 0 aliphatic heterocycles. The summed E-state index contributed by atoms with van der Waals surface area (Å²) >= 11 is -2.49. The van der Waals surface area contributed by atoms with Crippen LogP contribution < -0.4 is 4.31 Å². The smallest absolute Gasteiger partial charge is 0.0991 e. The Balaban J connectivity index is 1.46. The first-order valence-electron chi connectivity index (χ1n) is 10.9. The summed E-state index contributed by atoms with van der Waals surface area (Å²) < 4.78 is 27.9. The Morgan fingerprint density at radius 1 is 0.971 bits per heavy atom. The highest BCUT2D eigenvalue weighted by atomic mass is 32.2. The lowest BCUT2D eigenvalue weighted by molar-refractivity contribution is 0.537. The van der Waals surface area contributed by atoms with E-state index in [-0.39, 0.29) is 0 Å². The molecule has 0 fully saturated rings. The molecule has 0 aliphatic rings. The summed E-state index contributed by atoms with van der Waals surface area (Å²) in [5.41, 5.74) is 5.97. The van der Waals surface area contributed by atoms with Crippen LogP contribution in [0.1, 0.15) is 16.8 Å². The van der Waals surface area contributed by atoms with Crippen molar-refractivity contribution in [1.82, 2.24) is 9.55 Å². The van der Waals surface area contributed by atoms with E-state index in [1.807, 2.05) is 73.8 Å². The van der Waals surface area contributed by atoms with Gasteiger partial charge < -0.3 is 9.12 Å². The second-order valence-corrected chi connectivity index (χ2v) is 8.94. The van der Waals surface area contributed by atoms with Crippen LogP contribution in [0.15, 0.2) is 85.1 Å². The number of hydrogen-bond donors (Lipinski definition) is 0. The minimum absolute atomic E-state index is 0.560. The Labute approximate surface area is 200 Å². The average Bonchev–Trinajstić information content (AvgIpc) is 3.17. The molecule has 0 aliphatic carbocycles. The van der Waals surface area contributed by atoms with Crippen LogP contribution >= 0.6 is 0 Å². The van der Waals surface area contributed by atoms with Crippen molar-refractivity contribution in [3.63, 3.8) is 0 Å². The standard InChI is InChI=1S/C27H22N4O2S/c1-30-23(9-8-19-4-6-20(18-28)7-5-19)16-22-17-25(11-13-27(22)30)31(34(32)33)24-10-12-26-21(15-24)3-2-14-29-26/h2-7,10-17H,8-9H2,1H3,(H,32,33)/p-1. The Bertz CT molecular complexity index is 1570. The fourth-order valence-corrected chi connectivity index (χ4v) is 4.86. The minimum atomic E-state index is -2.49. The third-order valence-corrected chi connectivity index (χ3v) is 6.80. The molecule has 0 bridgehead atoms. The molecule has 0 saturated carbocycles. The Morgan fingerprint density at radius 3 is 2.44 bits per heavy atom. The molecule has 0 spiro atoms. The maximum atomic E-state index is 12.2. The fraction of sp³-hybridized carbons (Fsp3) is 0.111. The zero-order chi connectivity index (χ0) is 23.7. The van der Waals surface area contributed by atoms with E-state index in [0.29, 0.717) is 16.9 Å². The van der Waals surface area contributed by atoms with Gasteiger partial charge in [0.15, 0.2) is 0 Å². The van der Waals surface area contributed by atoms with Crippen LogP contribution in [0.5, 0.6) is 0 Å². The highest BCUT2D eigenvalue weighted by Crippen LogP contribution is 2.32. The van der Waals surface area contributed by atoms with Gasteiger partial charge in [-0.3, -0.25) is 13.5 Å². The molecule has 6 nitrogen and oxygen atoms in total. The van der Waals surface area contributed by atoms with Gasteiger partial charge in [-0.2, -0.15) is 5.26 Å². The second kappa shape index (κ2) is 9.10. The first kappa shape index (κ1) is 21.8. The monoisotopic (exact) mass is 465 g/mol. The number of aromatic nitrogens is 2. The van der Waals surface area contributed by atoms with Crippen molar-refractivity contribution in [3.05, 3.63) is 102 Å². The van der Waals surface area contributed by atoms with Gasteiger partial charge in [-0.25, -0.2) is 0 Å². The van der Waals surface area contributed by atoms with Crippen LogP contribution in [0.2, 0.25) is 0 Å². The van der Waals surface area contributed by atoms with Crippen LogP contribution in [0.3, 0.4) is 0 Å². The zero-order valence-corrected chi connectivity index (χ0v) is 19.3. The molecule has 2 heterocycles. The number of anilines is 2. The van der Waals surface area contributed by atoms with E-state index < -0.39 is 11.3 Å². The summed E-state index contributed by atoms with van der Waals surface area (Å²) in [4.78, 5) is 4.31. The van der Waals surface area contributed by atoms with Gasteiger partial charge in [0.1, 0.15) is 0 Å². The third kappa shape index (κ3) is 4.17. The molecule has 168 valence electrons. The predicted octanol–water partition coefficient (Wildman–Crippen LogP) is 5.32. The van der Waals surface area contributed by atoms with Crippen molar-refractivity contribution >= 4 is 44.4 Å². The summed E-state index contributed by atoms with van der Waals surface area (Å²) in [7, 11) is 2.02. The largest absolute Gasteiger partial charge is 0.755 e. The van der Waals surface area contributed by atoms with Crippen molar-refractivity contribution in [3.8, 4) is 6.07 Å². The van der Waals surface area contributed by atoms with Crippen molar-refractivity contribution in [1.29, 1.82) is 5.26 Å². The van der Waals surface area contributed by atoms with Crippen LogP contribution in [-0.4, -0.2) is 18.3 Å². The van der Waals surface area contributed by atoms with Crippen LogP contribution in [-0.2, 0) is 31.2 Å². The molecule has 2 aromatic heterocycles. The van der Waals surface area contributed by atoms with Crippen molar-refractivity contribution in [2.45, 2.75) is 12.8 Å². The van der Waals surface area contributed by atoms with Crippen LogP contribution in [0.25, 0.3) is 21.8 Å². The van der Waals surface area contributed by atoms with Crippen LogP contribution in [0, 0.1) is 11.3 Å². The molecule has 3 aromatic carbocycles. The predicted molar refractivity (Wildman–Crippen MR) is 134 cm³/mol. The second-order valence-electron chi connectivity index (χ2n) is 8.14. The van der Waals surface area contributed by atoms with E-state index in [1.165, 1.54) is 9.87 Å². The molecule has 1 atom stereocenters. The Morgan fingerprint density at radius 2 is 1.71 bits per heavy atom. The van der Waals surface area contributed by atoms with Crippen molar-refractivity contribution in [2.75, 3.05) is 4.31 Å². The lowest BCUT2D eigenvalue weighted by Crippen LogP contribution is -2.19. The molecule has 0 radical (unpaired) electrons. The normalized spacial score (nSPS) is 12.0. The first-order valence-corrected chi connectivity index (χ1v) is 11.9. The van der Waals surface area contributed by atoms with Gasteiger partial charge in [0.05, 0.1) is 39.8 Å². The molecule has 7 heteroatoms.